The minimum atomic E-state index is -0.194. The third-order valence-electron chi connectivity index (χ3n) is 2.75. The second-order valence-electron chi connectivity index (χ2n) is 4.29. The molecule has 0 amide bonds. The van der Waals surface area contributed by atoms with Crippen LogP contribution in [0.4, 0.5) is 10.1 Å². The van der Waals surface area contributed by atoms with Crippen LogP contribution in [-0.4, -0.2) is 0 Å². The first-order valence-electron chi connectivity index (χ1n) is 5.74. The summed E-state index contributed by atoms with van der Waals surface area (Å²) in [5.41, 5.74) is 3.22. The van der Waals surface area contributed by atoms with Crippen LogP contribution in [0.5, 0.6) is 0 Å². The fourth-order valence-corrected chi connectivity index (χ4v) is 1.84. The summed E-state index contributed by atoms with van der Waals surface area (Å²) in [6.07, 6.45) is 0. The number of nitrogens with one attached hydrogen (secondary N) is 1. The summed E-state index contributed by atoms with van der Waals surface area (Å²) in [5, 5.41) is 3.36. The first-order valence-corrected chi connectivity index (χ1v) is 5.74. The van der Waals surface area contributed by atoms with E-state index in [0.717, 1.165) is 11.3 Å². The first-order chi connectivity index (χ1) is 8.15. The van der Waals surface area contributed by atoms with Crippen molar-refractivity contribution in [1.29, 1.82) is 0 Å². The molecule has 0 heterocycles. The predicted molar refractivity (Wildman–Crippen MR) is 69.6 cm³/mol. The van der Waals surface area contributed by atoms with E-state index in [1.54, 1.807) is 12.1 Å². The molecule has 1 N–H and O–H groups in total. The topological polar surface area (TPSA) is 12.0 Å². The molecule has 17 heavy (non-hydrogen) atoms. The predicted octanol–water partition coefficient (Wildman–Crippen LogP) is 4.31. The zero-order chi connectivity index (χ0) is 12.3. The summed E-state index contributed by atoms with van der Waals surface area (Å²) < 4.78 is 13.1. The number of aryl methyl sites for hydroxylation is 1. The van der Waals surface area contributed by atoms with Crippen LogP contribution in [-0.2, 0) is 0 Å². The number of rotatable bonds is 3. The Bertz CT molecular complexity index is 508. The highest BCUT2D eigenvalue weighted by atomic mass is 19.1. The van der Waals surface area contributed by atoms with E-state index < -0.39 is 0 Å². The molecular formula is C15H16FN. The van der Waals surface area contributed by atoms with Gasteiger partial charge in [0, 0.05) is 11.7 Å². The monoisotopic (exact) mass is 229 g/mol. The number of benzene rings is 2. The Kier molecular flexibility index (Phi) is 3.43. The zero-order valence-electron chi connectivity index (χ0n) is 10.1. The second-order valence-corrected chi connectivity index (χ2v) is 4.29. The third kappa shape index (κ3) is 3.06. The van der Waals surface area contributed by atoms with Crippen molar-refractivity contribution in [2.24, 2.45) is 0 Å². The van der Waals surface area contributed by atoms with Crippen molar-refractivity contribution in [2.75, 3.05) is 5.32 Å². The van der Waals surface area contributed by atoms with Gasteiger partial charge in [-0.2, -0.15) is 0 Å². The molecule has 2 heteroatoms. The van der Waals surface area contributed by atoms with Gasteiger partial charge in [-0.15, -0.1) is 0 Å². The fourth-order valence-electron chi connectivity index (χ4n) is 1.84. The molecule has 1 unspecified atom stereocenters. The minimum Gasteiger partial charge on any atom is -0.379 e. The van der Waals surface area contributed by atoms with Gasteiger partial charge in [-0.3, -0.25) is 0 Å². The molecule has 88 valence electrons. The quantitative estimate of drug-likeness (QED) is 0.827. The Morgan fingerprint density at radius 1 is 1.06 bits per heavy atom. The molecular weight excluding hydrogens is 213 g/mol. The van der Waals surface area contributed by atoms with Crippen LogP contribution in [0, 0.1) is 12.7 Å². The SMILES string of the molecule is Cc1cccc(NC(C)c2cccc(F)c2)c1. The van der Waals surface area contributed by atoms with Crippen LogP contribution in [0.15, 0.2) is 48.5 Å². The molecule has 0 aromatic heterocycles. The highest BCUT2D eigenvalue weighted by molar-refractivity contribution is 5.47. The van der Waals surface area contributed by atoms with E-state index in [0.29, 0.717) is 0 Å². The van der Waals surface area contributed by atoms with E-state index in [9.17, 15) is 4.39 Å². The van der Waals surface area contributed by atoms with Crippen LogP contribution in [0.2, 0.25) is 0 Å². The van der Waals surface area contributed by atoms with Crippen molar-refractivity contribution in [3.05, 3.63) is 65.5 Å². The summed E-state index contributed by atoms with van der Waals surface area (Å²) >= 11 is 0. The van der Waals surface area contributed by atoms with Crippen molar-refractivity contribution < 1.29 is 4.39 Å². The first kappa shape index (κ1) is 11.6. The number of anilines is 1. The van der Waals surface area contributed by atoms with Gasteiger partial charge in [0.05, 0.1) is 0 Å². The number of halogens is 1. The van der Waals surface area contributed by atoms with E-state index in [-0.39, 0.29) is 11.9 Å². The molecule has 0 aliphatic carbocycles. The average Bonchev–Trinajstić information content (AvgIpc) is 2.29. The zero-order valence-corrected chi connectivity index (χ0v) is 10.1. The third-order valence-corrected chi connectivity index (χ3v) is 2.75. The Labute approximate surface area is 101 Å². The maximum Gasteiger partial charge on any atom is 0.123 e. The smallest absolute Gasteiger partial charge is 0.123 e. The lowest BCUT2D eigenvalue weighted by Crippen LogP contribution is -2.06. The van der Waals surface area contributed by atoms with Gasteiger partial charge in [0.15, 0.2) is 0 Å². The molecule has 0 aliphatic rings. The molecule has 1 nitrogen and oxygen atoms in total. The van der Waals surface area contributed by atoms with Crippen molar-refractivity contribution in [1.82, 2.24) is 0 Å². The second kappa shape index (κ2) is 5.00. The van der Waals surface area contributed by atoms with Crippen LogP contribution in [0.1, 0.15) is 24.1 Å². The summed E-state index contributed by atoms with van der Waals surface area (Å²) in [4.78, 5) is 0. The van der Waals surface area contributed by atoms with E-state index >= 15 is 0 Å². The standard InChI is InChI=1S/C15H16FN/c1-11-5-3-8-15(9-11)17-12(2)13-6-4-7-14(16)10-13/h3-10,12,17H,1-2H3. The molecule has 0 aliphatic heterocycles. The molecule has 0 radical (unpaired) electrons. The molecule has 2 rings (SSSR count). The van der Waals surface area contributed by atoms with Gasteiger partial charge >= 0.3 is 0 Å². The summed E-state index contributed by atoms with van der Waals surface area (Å²) in [5.74, 6) is -0.194. The fraction of sp³-hybridized carbons (Fsp3) is 0.200. The van der Waals surface area contributed by atoms with Crippen molar-refractivity contribution in [3.8, 4) is 0 Å². The molecule has 2 aromatic carbocycles. The molecule has 0 saturated heterocycles. The van der Waals surface area contributed by atoms with Gasteiger partial charge in [-0.1, -0.05) is 24.3 Å². The Morgan fingerprint density at radius 2 is 1.82 bits per heavy atom. The van der Waals surface area contributed by atoms with E-state index in [4.69, 9.17) is 0 Å². The van der Waals surface area contributed by atoms with E-state index in [1.807, 2.05) is 25.1 Å². The Morgan fingerprint density at radius 3 is 2.53 bits per heavy atom. The van der Waals surface area contributed by atoms with E-state index in [2.05, 4.69) is 24.4 Å². The highest BCUT2D eigenvalue weighted by Crippen LogP contribution is 2.20. The van der Waals surface area contributed by atoms with Gasteiger partial charge in [0.1, 0.15) is 5.82 Å². The Balaban J connectivity index is 2.14. The lowest BCUT2D eigenvalue weighted by atomic mass is 10.1. The molecule has 0 saturated carbocycles. The van der Waals surface area contributed by atoms with Crippen LogP contribution >= 0.6 is 0 Å². The lowest BCUT2D eigenvalue weighted by Gasteiger charge is -2.16. The molecule has 2 aromatic rings. The van der Waals surface area contributed by atoms with Crippen LogP contribution in [0.25, 0.3) is 0 Å². The van der Waals surface area contributed by atoms with E-state index in [1.165, 1.54) is 11.6 Å². The summed E-state index contributed by atoms with van der Waals surface area (Å²) in [6.45, 7) is 4.08. The van der Waals surface area contributed by atoms with Gasteiger partial charge in [-0.25, -0.2) is 4.39 Å². The molecule has 1 atom stereocenters. The van der Waals surface area contributed by atoms with Gasteiger partial charge < -0.3 is 5.32 Å². The lowest BCUT2D eigenvalue weighted by molar-refractivity contribution is 0.623. The maximum atomic E-state index is 13.1. The molecule has 0 fully saturated rings. The average molecular weight is 229 g/mol. The van der Waals surface area contributed by atoms with Crippen LogP contribution < -0.4 is 5.32 Å². The number of hydrogen-bond acceptors (Lipinski definition) is 1. The van der Waals surface area contributed by atoms with Gasteiger partial charge in [0.25, 0.3) is 0 Å². The van der Waals surface area contributed by atoms with Crippen molar-refractivity contribution >= 4 is 5.69 Å². The van der Waals surface area contributed by atoms with Gasteiger partial charge in [-0.05, 0) is 49.2 Å². The normalized spacial score (nSPS) is 12.2. The Hall–Kier alpha value is -1.83. The molecule has 0 spiro atoms. The van der Waals surface area contributed by atoms with Crippen molar-refractivity contribution in [2.45, 2.75) is 19.9 Å². The van der Waals surface area contributed by atoms with Crippen molar-refractivity contribution in [3.63, 3.8) is 0 Å². The minimum absolute atomic E-state index is 0.0903. The maximum absolute atomic E-state index is 13.1. The largest absolute Gasteiger partial charge is 0.379 e. The molecule has 0 bridgehead atoms. The summed E-state index contributed by atoms with van der Waals surface area (Å²) in [7, 11) is 0. The highest BCUT2D eigenvalue weighted by Gasteiger charge is 2.05. The van der Waals surface area contributed by atoms with Crippen LogP contribution in [0.3, 0.4) is 0 Å². The summed E-state index contributed by atoms with van der Waals surface area (Å²) in [6, 6.07) is 14.9. The van der Waals surface area contributed by atoms with Gasteiger partial charge in [0.2, 0.25) is 0 Å². The number of hydrogen-bond donors (Lipinski definition) is 1.